The Morgan fingerprint density at radius 1 is 0.875 bits per heavy atom. The second-order valence-corrected chi connectivity index (χ2v) is 7.77. The van der Waals surface area contributed by atoms with E-state index in [0.29, 0.717) is 6.61 Å². The Balaban J connectivity index is 1.34. The first kappa shape index (κ1) is 21.6. The molecular formula is C26H25NO5. The lowest BCUT2D eigenvalue weighted by molar-refractivity contribution is -0.137. The second-order valence-electron chi connectivity index (χ2n) is 7.77. The predicted molar refractivity (Wildman–Crippen MR) is 120 cm³/mol. The fourth-order valence-electron chi connectivity index (χ4n) is 4.06. The molecule has 1 atom stereocenters. The molecule has 6 heteroatoms. The van der Waals surface area contributed by atoms with Gasteiger partial charge >= 0.3 is 12.1 Å². The lowest BCUT2D eigenvalue weighted by Crippen LogP contribution is -2.40. The van der Waals surface area contributed by atoms with Crippen LogP contribution in [0.2, 0.25) is 0 Å². The van der Waals surface area contributed by atoms with Gasteiger partial charge in [0, 0.05) is 5.92 Å². The summed E-state index contributed by atoms with van der Waals surface area (Å²) < 4.78 is 11.1. The number of ether oxygens (including phenoxy) is 2. The number of carbonyl (C=O) groups is 2. The number of carboxylic acids is 1. The Kier molecular flexibility index (Phi) is 6.82. The lowest BCUT2D eigenvalue weighted by Gasteiger charge is -2.19. The van der Waals surface area contributed by atoms with Gasteiger partial charge in [0.1, 0.15) is 6.61 Å². The van der Waals surface area contributed by atoms with Crippen molar-refractivity contribution in [1.29, 1.82) is 0 Å². The van der Waals surface area contributed by atoms with Crippen LogP contribution in [-0.4, -0.2) is 36.4 Å². The summed E-state index contributed by atoms with van der Waals surface area (Å²) in [7, 11) is 0. The number of hydrogen-bond acceptors (Lipinski definition) is 4. The van der Waals surface area contributed by atoms with Gasteiger partial charge in [0.05, 0.1) is 25.7 Å². The number of nitrogens with one attached hydrogen (secondary N) is 1. The molecule has 0 saturated heterocycles. The van der Waals surface area contributed by atoms with Gasteiger partial charge in [-0.1, -0.05) is 78.9 Å². The maximum absolute atomic E-state index is 12.5. The van der Waals surface area contributed by atoms with E-state index in [-0.39, 0.29) is 25.6 Å². The summed E-state index contributed by atoms with van der Waals surface area (Å²) in [6.07, 6.45) is -0.902. The summed E-state index contributed by atoms with van der Waals surface area (Å²) in [6.45, 7) is 0.583. The van der Waals surface area contributed by atoms with E-state index in [0.717, 1.165) is 27.8 Å². The topological polar surface area (TPSA) is 84.9 Å². The Morgan fingerprint density at radius 2 is 1.47 bits per heavy atom. The SMILES string of the molecule is O=C(O)CC(COCc1ccccc1)NC(=O)OCC1c2ccccc2-c2ccccc21. The largest absolute Gasteiger partial charge is 0.481 e. The molecule has 0 saturated carbocycles. The van der Waals surface area contributed by atoms with Gasteiger partial charge in [-0.15, -0.1) is 0 Å². The van der Waals surface area contributed by atoms with E-state index in [1.165, 1.54) is 0 Å². The first-order chi connectivity index (χ1) is 15.6. The molecule has 0 heterocycles. The third-order valence-corrected chi connectivity index (χ3v) is 5.52. The summed E-state index contributed by atoms with van der Waals surface area (Å²) in [4.78, 5) is 23.7. The lowest BCUT2D eigenvalue weighted by atomic mass is 9.98. The van der Waals surface area contributed by atoms with E-state index in [1.54, 1.807) is 0 Å². The zero-order valence-electron chi connectivity index (χ0n) is 17.6. The molecule has 0 spiro atoms. The van der Waals surface area contributed by atoms with Crippen LogP contribution in [0.4, 0.5) is 4.79 Å². The molecule has 3 aromatic carbocycles. The standard InChI is InChI=1S/C26H25NO5/c28-25(29)14-19(16-31-15-18-8-2-1-3-9-18)27-26(30)32-17-24-22-12-6-4-10-20(22)21-11-5-7-13-23(21)24/h1-13,19,24H,14-17H2,(H,27,30)(H,28,29). The van der Waals surface area contributed by atoms with Crippen molar-refractivity contribution in [2.75, 3.05) is 13.2 Å². The summed E-state index contributed by atoms with van der Waals surface area (Å²) in [5.41, 5.74) is 5.51. The van der Waals surface area contributed by atoms with Crippen LogP contribution in [0.1, 0.15) is 29.0 Å². The monoisotopic (exact) mass is 431 g/mol. The highest BCUT2D eigenvalue weighted by Gasteiger charge is 2.29. The van der Waals surface area contributed by atoms with Crippen LogP contribution < -0.4 is 5.32 Å². The number of hydrogen-bond donors (Lipinski definition) is 2. The quantitative estimate of drug-likeness (QED) is 0.518. The van der Waals surface area contributed by atoms with E-state index < -0.39 is 18.1 Å². The Bertz CT molecular complexity index is 1040. The number of carbonyl (C=O) groups excluding carboxylic acids is 1. The van der Waals surface area contributed by atoms with E-state index in [2.05, 4.69) is 17.4 Å². The normalized spacial score (nSPS) is 13.1. The molecule has 0 aromatic heterocycles. The van der Waals surface area contributed by atoms with Crippen LogP contribution in [0, 0.1) is 0 Å². The van der Waals surface area contributed by atoms with E-state index >= 15 is 0 Å². The van der Waals surface area contributed by atoms with Gasteiger partial charge in [-0.3, -0.25) is 4.79 Å². The van der Waals surface area contributed by atoms with Crippen molar-refractivity contribution in [3.63, 3.8) is 0 Å². The molecule has 164 valence electrons. The van der Waals surface area contributed by atoms with Crippen molar-refractivity contribution < 1.29 is 24.2 Å². The van der Waals surface area contributed by atoms with Crippen LogP contribution in [0.5, 0.6) is 0 Å². The zero-order valence-corrected chi connectivity index (χ0v) is 17.6. The van der Waals surface area contributed by atoms with Gasteiger partial charge in [0.15, 0.2) is 0 Å². The molecular weight excluding hydrogens is 406 g/mol. The number of fused-ring (bicyclic) bond motifs is 3. The smallest absolute Gasteiger partial charge is 0.407 e. The molecule has 0 aliphatic heterocycles. The number of benzene rings is 3. The van der Waals surface area contributed by atoms with Crippen molar-refractivity contribution in [3.05, 3.63) is 95.6 Å². The van der Waals surface area contributed by atoms with Gasteiger partial charge in [0.25, 0.3) is 0 Å². The predicted octanol–water partition coefficient (Wildman–Crippen LogP) is 4.59. The Morgan fingerprint density at radius 3 is 2.09 bits per heavy atom. The van der Waals surface area contributed by atoms with Crippen molar-refractivity contribution in [1.82, 2.24) is 5.32 Å². The molecule has 0 bridgehead atoms. The Labute approximate surface area is 186 Å². The third-order valence-electron chi connectivity index (χ3n) is 5.52. The Hall–Kier alpha value is -3.64. The van der Waals surface area contributed by atoms with Crippen LogP contribution >= 0.6 is 0 Å². The molecule has 1 amide bonds. The summed E-state index contributed by atoms with van der Waals surface area (Å²) in [5, 5.41) is 11.8. The highest BCUT2D eigenvalue weighted by molar-refractivity contribution is 5.79. The molecule has 3 aromatic rings. The van der Waals surface area contributed by atoms with Gasteiger partial charge < -0.3 is 19.9 Å². The van der Waals surface area contributed by atoms with E-state index in [9.17, 15) is 14.7 Å². The molecule has 32 heavy (non-hydrogen) atoms. The van der Waals surface area contributed by atoms with Crippen LogP contribution in [0.25, 0.3) is 11.1 Å². The number of aliphatic carboxylic acids is 1. The minimum absolute atomic E-state index is 0.0552. The second kappa shape index (κ2) is 10.1. The summed E-state index contributed by atoms with van der Waals surface area (Å²) in [6, 6.07) is 25.1. The van der Waals surface area contributed by atoms with Crippen molar-refractivity contribution >= 4 is 12.1 Å². The molecule has 1 aliphatic carbocycles. The molecule has 2 N–H and O–H groups in total. The summed E-state index contributed by atoms with van der Waals surface area (Å²) >= 11 is 0. The molecule has 6 nitrogen and oxygen atoms in total. The molecule has 0 fully saturated rings. The van der Waals surface area contributed by atoms with Gasteiger partial charge in [0.2, 0.25) is 0 Å². The molecule has 4 rings (SSSR count). The van der Waals surface area contributed by atoms with Crippen LogP contribution in [0.3, 0.4) is 0 Å². The van der Waals surface area contributed by atoms with Gasteiger partial charge in [-0.2, -0.15) is 0 Å². The first-order valence-corrected chi connectivity index (χ1v) is 10.6. The van der Waals surface area contributed by atoms with Gasteiger partial charge in [-0.05, 0) is 27.8 Å². The average molecular weight is 431 g/mol. The number of alkyl carbamates (subject to hydrolysis) is 1. The highest BCUT2D eigenvalue weighted by Crippen LogP contribution is 2.44. The minimum atomic E-state index is -1.02. The highest BCUT2D eigenvalue weighted by atomic mass is 16.5. The molecule has 1 unspecified atom stereocenters. The maximum Gasteiger partial charge on any atom is 0.407 e. The molecule has 0 radical (unpaired) electrons. The van der Waals surface area contributed by atoms with E-state index in [1.807, 2.05) is 66.7 Å². The van der Waals surface area contributed by atoms with Crippen molar-refractivity contribution in [3.8, 4) is 11.1 Å². The zero-order chi connectivity index (χ0) is 22.3. The van der Waals surface area contributed by atoms with E-state index in [4.69, 9.17) is 9.47 Å². The van der Waals surface area contributed by atoms with Crippen LogP contribution in [0.15, 0.2) is 78.9 Å². The number of rotatable bonds is 9. The maximum atomic E-state index is 12.5. The third kappa shape index (κ3) is 5.15. The fourth-order valence-corrected chi connectivity index (χ4v) is 4.06. The van der Waals surface area contributed by atoms with Crippen molar-refractivity contribution in [2.45, 2.75) is 25.0 Å². The first-order valence-electron chi connectivity index (χ1n) is 10.6. The summed E-state index contributed by atoms with van der Waals surface area (Å²) in [5.74, 6) is -1.07. The van der Waals surface area contributed by atoms with Crippen molar-refractivity contribution in [2.24, 2.45) is 0 Å². The minimum Gasteiger partial charge on any atom is -0.481 e. The fraction of sp³-hybridized carbons (Fsp3) is 0.231. The van der Waals surface area contributed by atoms with Crippen LogP contribution in [-0.2, 0) is 20.9 Å². The number of carboxylic acid groups (broad SMARTS) is 1. The number of amides is 1. The molecule has 1 aliphatic rings. The van der Waals surface area contributed by atoms with Gasteiger partial charge in [-0.25, -0.2) is 4.79 Å². The average Bonchev–Trinajstić information content (AvgIpc) is 3.12.